The summed E-state index contributed by atoms with van der Waals surface area (Å²) in [6.45, 7) is 0.668. The lowest BCUT2D eigenvalue weighted by atomic mass is 9.71. The molecule has 1 heterocycles. The molecular weight excluding hydrogens is 244 g/mol. The van der Waals surface area contributed by atoms with E-state index in [1.165, 1.54) is 30.8 Å². The van der Waals surface area contributed by atoms with Gasteiger partial charge in [-0.1, -0.05) is 19.3 Å². The van der Waals surface area contributed by atoms with Crippen molar-refractivity contribution in [3.8, 4) is 0 Å². The fraction of sp³-hybridized carbons (Fsp3) is 0.929. The fourth-order valence-corrected chi connectivity index (χ4v) is 4.32. The summed E-state index contributed by atoms with van der Waals surface area (Å²) in [6, 6.07) is 0.414. The van der Waals surface area contributed by atoms with Crippen LogP contribution in [-0.2, 0) is 4.79 Å². The minimum atomic E-state index is 0.103. The zero-order valence-corrected chi connectivity index (χ0v) is 12.1. The van der Waals surface area contributed by atoms with Gasteiger partial charge in [-0.2, -0.15) is 11.8 Å². The predicted octanol–water partition coefficient (Wildman–Crippen LogP) is 2.30. The molecule has 18 heavy (non-hydrogen) atoms. The van der Waals surface area contributed by atoms with E-state index in [4.69, 9.17) is 5.73 Å². The molecule has 0 spiro atoms. The lowest BCUT2D eigenvalue weighted by Crippen LogP contribution is -2.43. The van der Waals surface area contributed by atoms with Crippen LogP contribution in [-0.4, -0.2) is 30.0 Å². The quantitative estimate of drug-likeness (QED) is 0.824. The highest BCUT2D eigenvalue weighted by molar-refractivity contribution is 7.99. The van der Waals surface area contributed by atoms with Crippen molar-refractivity contribution in [1.29, 1.82) is 0 Å². The topological polar surface area (TPSA) is 55.1 Å². The van der Waals surface area contributed by atoms with Crippen LogP contribution in [0.4, 0.5) is 0 Å². The summed E-state index contributed by atoms with van der Waals surface area (Å²) in [5, 5.41) is 3.22. The Balaban J connectivity index is 1.81. The van der Waals surface area contributed by atoms with Crippen LogP contribution in [0.3, 0.4) is 0 Å². The summed E-state index contributed by atoms with van der Waals surface area (Å²) in [5.74, 6) is 2.61. The van der Waals surface area contributed by atoms with Crippen molar-refractivity contribution < 1.29 is 4.79 Å². The summed E-state index contributed by atoms with van der Waals surface area (Å²) in [7, 11) is 0. The Morgan fingerprint density at radius 1 is 1.22 bits per heavy atom. The molecule has 0 radical (unpaired) electrons. The number of thioether (sulfide) groups is 1. The number of hydrogen-bond acceptors (Lipinski definition) is 3. The average molecular weight is 270 g/mol. The van der Waals surface area contributed by atoms with Gasteiger partial charge in [0.15, 0.2) is 0 Å². The largest absolute Gasteiger partial charge is 0.353 e. The SMILES string of the molecule is NCC1(CC(=O)NC2CCSCC2)CCCCC1. The second kappa shape index (κ2) is 6.80. The number of carbonyl (C=O) groups is 1. The molecule has 0 aromatic heterocycles. The van der Waals surface area contributed by atoms with Crippen LogP contribution in [0.5, 0.6) is 0 Å². The van der Waals surface area contributed by atoms with Crippen LogP contribution in [0.1, 0.15) is 51.4 Å². The molecule has 1 amide bonds. The van der Waals surface area contributed by atoms with Crippen LogP contribution in [0, 0.1) is 5.41 Å². The Morgan fingerprint density at radius 3 is 2.50 bits per heavy atom. The summed E-state index contributed by atoms with van der Waals surface area (Å²) in [5.41, 5.74) is 6.04. The maximum Gasteiger partial charge on any atom is 0.220 e. The highest BCUT2D eigenvalue weighted by Gasteiger charge is 2.33. The van der Waals surface area contributed by atoms with E-state index in [0.717, 1.165) is 25.7 Å². The van der Waals surface area contributed by atoms with E-state index in [-0.39, 0.29) is 11.3 Å². The molecule has 0 aromatic carbocycles. The van der Waals surface area contributed by atoms with E-state index in [2.05, 4.69) is 5.32 Å². The number of rotatable bonds is 4. The monoisotopic (exact) mass is 270 g/mol. The van der Waals surface area contributed by atoms with Crippen molar-refractivity contribution in [3.63, 3.8) is 0 Å². The van der Waals surface area contributed by atoms with Crippen molar-refractivity contribution in [2.24, 2.45) is 11.1 Å². The van der Waals surface area contributed by atoms with Gasteiger partial charge in [0.25, 0.3) is 0 Å². The van der Waals surface area contributed by atoms with E-state index in [1.807, 2.05) is 11.8 Å². The number of carbonyl (C=O) groups excluding carboxylic acids is 1. The van der Waals surface area contributed by atoms with Crippen LogP contribution >= 0.6 is 11.8 Å². The van der Waals surface area contributed by atoms with Crippen molar-refractivity contribution in [2.75, 3.05) is 18.1 Å². The van der Waals surface area contributed by atoms with E-state index in [0.29, 0.717) is 19.0 Å². The first-order chi connectivity index (χ1) is 8.74. The minimum Gasteiger partial charge on any atom is -0.353 e. The highest BCUT2D eigenvalue weighted by atomic mass is 32.2. The fourth-order valence-electron chi connectivity index (χ4n) is 3.22. The van der Waals surface area contributed by atoms with Gasteiger partial charge in [0, 0.05) is 12.5 Å². The molecule has 0 bridgehead atoms. The van der Waals surface area contributed by atoms with Crippen molar-refractivity contribution in [2.45, 2.75) is 57.4 Å². The zero-order valence-electron chi connectivity index (χ0n) is 11.2. The van der Waals surface area contributed by atoms with Crippen LogP contribution in [0.15, 0.2) is 0 Å². The van der Waals surface area contributed by atoms with Crippen molar-refractivity contribution >= 4 is 17.7 Å². The molecule has 3 nitrogen and oxygen atoms in total. The zero-order chi connectivity index (χ0) is 12.8. The molecule has 0 unspecified atom stereocenters. The standard InChI is InChI=1S/C14H26N2OS/c15-11-14(6-2-1-3-7-14)10-13(17)16-12-4-8-18-9-5-12/h12H,1-11,15H2,(H,16,17). The second-order valence-electron chi connectivity index (χ2n) is 5.90. The molecule has 1 saturated carbocycles. The van der Waals surface area contributed by atoms with E-state index < -0.39 is 0 Å². The molecule has 104 valence electrons. The number of hydrogen-bond donors (Lipinski definition) is 2. The van der Waals surface area contributed by atoms with E-state index in [1.54, 1.807) is 0 Å². The van der Waals surface area contributed by atoms with Gasteiger partial charge < -0.3 is 11.1 Å². The van der Waals surface area contributed by atoms with E-state index in [9.17, 15) is 4.79 Å². The third-order valence-corrected chi connectivity index (χ3v) is 5.52. The molecule has 1 aliphatic heterocycles. The Kier molecular flexibility index (Phi) is 5.37. The molecular formula is C14H26N2OS. The summed E-state index contributed by atoms with van der Waals surface area (Å²) in [4.78, 5) is 12.2. The highest BCUT2D eigenvalue weighted by Crippen LogP contribution is 2.38. The van der Waals surface area contributed by atoms with Crippen LogP contribution in [0.2, 0.25) is 0 Å². The molecule has 2 rings (SSSR count). The van der Waals surface area contributed by atoms with Crippen LogP contribution < -0.4 is 11.1 Å². The van der Waals surface area contributed by atoms with Gasteiger partial charge >= 0.3 is 0 Å². The van der Waals surface area contributed by atoms with Gasteiger partial charge in [-0.05, 0) is 49.1 Å². The summed E-state index contributed by atoms with van der Waals surface area (Å²) >= 11 is 1.99. The molecule has 2 aliphatic rings. The maximum atomic E-state index is 12.2. The number of nitrogens with one attached hydrogen (secondary N) is 1. The number of nitrogens with two attached hydrogens (primary N) is 1. The second-order valence-corrected chi connectivity index (χ2v) is 7.12. The Labute approximate surface area is 115 Å². The molecule has 2 fully saturated rings. The average Bonchev–Trinajstić information content (AvgIpc) is 2.41. The van der Waals surface area contributed by atoms with Gasteiger partial charge in [0.2, 0.25) is 5.91 Å². The molecule has 1 saturated heterocycles. The predicted molar refractivity (Wildman–Crippen MR) is 77.7 cm³/mol. The smallest absolute Gasteiger partial charge is 0.220 e. The van der Waals surface area contributed by atoms with Gasteiger partial charge in [0.1, 0.15) is 0 Å². The Hall–Kier alpha value is -0.220. The van der Waals surface area contributed by atoms with E-state index >= 15 is 0 Å². The third-order valence-electron chi connectivity index (χ3n) is 4.47. The Bertz CT molecular complexity index is 271. The lowest BCUT2D eigenvalue weighted by Gasteiger charge is -2.36. The first-order valence-corrected chi connectivity index (χ1v) is 8.47. The van der Waals surface area contributed by atoms with Crippen LogP contribution in [0.25, 0.3) is 0 Å². The molecule has 4 heteroatoms. The summed E-state index contributed by atoms with van der Waals surface area (Å²) in [6.07, 6.45) is 8.97. The maximum absolute atomic E-state index is 12.2. The number of amides is 1. The lowest BCUT2D eigenvalue weighted by molar-refractivity contribution is -0.124. The normalized spacial score (nSPS) is 24.7. The van der Waals surface area contributed by atoms with Crippen molar-refractivity contribution in [1.82, 2.24) is 5.32 Å². The first-order valence-electron chi connectivity index (χ1n) is 7.31. The van der Waals surface area contributed by atoms with Gasteiger partial charge in [-0.25, -0.2) is 0 Å². The molecule has 1 aliphatic carbocycles. The third kappa shape index (κ3) is 3.89. The Morgan fingerprint density at radius 2 is 1.89 bits per heavy atom. The first kappa shape index (κ1) is 14.2. The summed E-state index contributed by atoms with van der Waals surface area (Å²) < 4.78 is 0. The molecule has 3 N–H and O–H groups in total. The van der Waals surface area contributed by atoms with Gasteiger partial charge in [0.05, 0.1) is 0 Å². The molecule has 0 aromatic rings. The van der Waals surface area contributed by atoms with Gasteiger partial charge in [-0.15, -0.1) is 0 Å². The van der Waals surface area contributed by atoms with Gasteiger partial charge in [-0.3, -0.25) is 4.79 Å². The molecule has 0 atom stereocenters. The van der Waals surface area contributed by atoms with Crippen molar-refractivity contribution in [3.05, 3.63) is 0 Å². The minimum absolute atomic E-state index is 0.103.